The zero-order valence-electron chi connectivity index (χ0n) is 12.4. The first-order valence-corrected chi connectivity index (χ1v) is 7.60. The summed E-state index contributed by atoms with van der Waals surface area (Å²) in [4.78, 5) is 25.3. The zero-order chi connectivity index (χ0) is 14.8. The average molecular weight is 285 g/mol. The molecule has 6 nitrogen and oxygen atoms in total. The van der Waals surface area contributed by atoms with Gasteiger partial charge < -0.3 is 10.4 Å². The topological polar surface area (TPSA) is 81.7 Å². The number of hydrogen-bond acceptors (Lipinski definition) is 4. The highest BCUT2D eigenvalue weighted by molar-refractivity contribution is 5.95. The molecule has 6 heteroatoms. The van der Waals surface area contributed by atoms with Gasteiger partial charge in [-0.2, -0.15) is 0 Å². The lowest BCUT2D eigenvalue weighted by molar-refractivity contribution is -0.122. The molecule has 0 aromatic heterocycles. The lowest BCUT2D eigenvalue weighted by atomic mass is 9.94. The van der Waals surface area contributed by atoms with Gasteiger partial charge >= 0.3 is 6.03 Å². The van der Waals surface area contributed by atoms with E-state index in [1.165, 1.54) is 19.3 Å². The Labute approximate surface area is 120 Å². The molecular weight excluding hydrogens is 258 g/mol. The molecule has 0 aromatic rings. The number of aliphatic hydroxyl groups excluding tert-OH is 1. The summed E-state index contributed by atoms with van der Waals surface area (Å²) < 4.78 is 0. The van der Waals surface area contributed by atoms with Crippen LogP contribution in [-0.2, 0) is 4.79 Å². The third-order valence-electron chi connectivity index (χ3n) is 3.61. The van der Waals surface area contributed by atoms with Crippen molar-refractivity contribution in [3.8, 4) is 0 Å². The largest absolute Gasteiger partial charge is 0.395 e. The van der Waals surface area contributed by atoms with Crippen molar-refractivity contribution in [2.75, 3.05) is 26.2 Å². The summed E-state index contributed by atoms with van der Waals surface area (Å²) in [6.45, 7) is 3.20. The van der Waals surface area contributed by atoms with Crippen molar-refractivity contribution in [2.45, 2.75) is 51.5 Å². The van der Waals surface area contributed by atoms with Crippen molar-refractivity contribution in [1.82, 2.24) is 15.5 Å². The molecule has 0 atom stereocenters. The van der Waals surface area contributed by atoms with Crippen LogP contribution < -0.4 is 10.6 Å². The normalized spacial score (nSPS) is 16.1. The van der Waals surface area contributed by atoms with Crippen LogP contribution in [0.2, 0.25) is 0 Å². The van der Waals surface area contributed by atoms with E-state index >= 15 is 0 Å². The smallest absolute Gasteiger partial charge is 0.321 e. The maximum Gasteiger partial charge on any atom is 0.321 e. The number of imide groups is 1. The van der Waals surface area contributed by atoms with E-state index in [0.29, 0.717) is 19.1 Å². The van der Waals surface area contributed by atoms with Crippen molar-refractivity contribution >= 4 is 11.9 Å². The number of nitrogens with zero attached hydrogens (tertiary/aromatic N) is 1. The molecule has 3 N–H and O–H groups in total. The van der Waals surface area contributed by atoms with E-state index in [0.717, 1.165) is 19.3 Å². The molecule has 0 aliphatic heterocycles. The van der Waals surface area contributed by atoms with Gasteiger partial charge in [-0.05, 0) is 19.3 Å². The summed E-state index contributed by atoms with van der Waals surface area (Å²) in [7, 11) is 0. The van der Waals surface area contributed by atoms with Crippen LogP contribution in [-0.4, -0.2) is 54.2 Å². The molecular formula is C14H27N3O3. The van der Waals surface area contributed by atoms with Crippen LogP contribution >= 0.6 is 0 Å². The van der Waals surface area contributed by atoms with Crippen LogP contribution in [0.1, 0.15) is 45.4 Å². The Morgan fingerprint density at radius 3 is 2.55 bits per heavy atom. The van der Waals surface area contributed by atoms with Gasteiger partial charge in [0.15, 0.2) is 0 Å². The monoisotopic (exact) mass is 285 g/mol. The Kier molecular flexibility index (Phi) is 8.22. The van der Waals surface area contributed by atoms with Gasteiger partial charge in [-0.25, -0.2) is 4.79 Å². The van der Waals surface area contributed by atoms with Crippen LogP contribution in [0.15, 0.2) is 0 Å². The molecule has 1 saturated carbocycles. The van der Waals surface area contributed by atoms with E-state index in [2.05, 4.69) is 10.6 Å². The Balaban J connectivity index is 2.39. The Hall–Kier alpha value is -1.14. The fraction of sp³-hybridized carbons (Fsp3) is 0.857. The van der Waals surface area contributed by atoms with Crippen molar-refractivity contribution in [2.24, 2.45) is 0 Å². The molecule has 0 radical (unpaired) electrons. The molecule has 0 bridgehead atoms. The van der Waals surface area contributed by atoms with Crippen LogP contribution in [0.5, 0.6) is 0 Å². The Bertz CT molecular complexity index is 304. The molecule has 1 rings (SSSR count). The molecule has 116 valence electrons. The summed E-state index contributed by atoms with van der Waals surface area (Å²) in [5.41, 5.74) is 0. The maximum atomic E-state index is 11.8. The lowest BCUT2D eigenvalue weighted by Crippen LogP contribution is -2.48. The fourth-order valence-electron chi connectivity index (χ4n) is 2.60. The molecule has 0 aromatic carbocycles. The molecule has 3 amide bonds. The van der Waals surface area contributed by atoms with Crippen LogP contribution in [0.4, 0.5) is 4.79 Å². The number of carbonyl (C=O) groups excluding carboxylic acids is 2. The summed E-state index contributed by atoms with van der Waals surface area (Å²) in [5, 5.41) is 14.1. The fourth-order valence-corrected chi connectivity index (χ4v) is 2.60. The molecule has 0 spiro atoms. The first-order chi connectivity index (χ1) is 9.67. The van der Waals surface area contributed by atoms with Gasteiger partial charge in [0, 0.05) is 19.1 Å². The minimum atomic E-state index is -0.440. The second-order valence-electron chi connectivity index (χ2n) is 5.29. The van der Waals surface area contributed by atoms with Crippen LogP contribution in [0, 0.1) is 0 Å². The van der Waals surface area contributed by atoms with Gasteiger partial charge in [-0.3, -0.25) is 15.0 Å². The van der Waals surface area contributed by atoms with Gasteiger partial charge in [0.1, 0.15) is 0 Å². The predicted molar refractivity (Wildman–Crippen MR) is 77.4 cm³/mol. The number of amides is 3. The van der Waals surface area contributed by atoms with Crippen LogP contribution in [0.25, 0.3) is 0 Å². The number of rotatable bonds is 7. The molecule has 1 fully saturated rings. The van der Waals surface area contributed by atoms with Gasteiger partial charge in [-0.1, -0.05) is 26.2 Å². The zero-order valence-corrected chi connectivity index (χ0v) is 12.4. The van der Waals surface area contributed by atoms with Crippen molar-refractivity contribution in [3.63, 3.8) is 0 Å². The minimum absolute atomic E-state index is 0.0335. The number of urea groups is 1. The third-order valence-corrected chi connectivity index (χ3v) is 3.61. The second kappa shape index (κ2) is 9.72. The highest BCUT2D eigenvalue weighted by Gasteiger charge is 2.23. The summed E-state index contributed by atoms with van der Waals surface area (Å²) in [5.74, 6) is -0.308. The van der Waals surface area contributed by atoms with E-state index in [-0.39, 0.29) is 19.1 Å². The predicted octanol–water partition coefficient (Wildman–Crippen LogP) is 0.849. The summed E-state index contributed by atoms with van der Waals surface area (Å²) >= 11 is 0. The lowest BCUT2D eigenvalue weighted by Gasteiger charge is -2.33. The number of carbonyl (C=O) groups is 2. The highest BCUT2D eigenvalue weighted by atomic mass is 16.3. The number of nitrogens with one attached hydrogen (secondary N) is 2. The second-order valence-corrected chi connectivity index (χ2v) is 5.29. The molecule has 0 unspecified atom stereocenters. The molecule has 20 heavy (non-hydrogen) atoms. The minimum Gasteiger partial charge on any atom is -0.395 e. The molecule has 1 aliphatic rings. The standard InChI is InChI=1S/C14H27N3O3/c1-2-8-15-14(20)16-13(19)11-17(9-10-18)12-6-4-3-5-7-12/h12,18H,2-11H2,1H3,(H2,15,16,19,20). The van der Waals surface area contributed by atoms with Gasteiger partial charge in [0.25, 0.3) is 0 Å². The van der Waals surface area contributed by atoms with Crippen molar-refractivity contribution in [3.05, 3.63) is 0 Å². The molecule has 0 saturated heterocycles. The first-order valence-electron chi connectivity index (χ1n) is 7.60. The number of hydrogen-bond donors (Lipinski definition) is 3. The van der Waals surface area contributed by atoms with Gasteiger partial charge in [0.2, 0.25) is 5.91 Å². The molecule has 0 heterocycles. The average Bonchev–Trinajstić information content (AvgIpc) is 2.45. The van der Waals surface area contributed by atoms with E-state index in [1.54, 1.807) is 0 Å². The summed E-state index contributed by atoms with van der Waals surface area (Å²) in [6, 6.07) is -0.0928. The van der Waals surface area contributed by atoms with E-state index in [1.807, 2.05) is 11.8 Å². The quantitative estimate of drug-likeness (QED) is 0.648. The SMILES string of the molecule is CCCNC(=O)NC(=O)CN(CCO)C1CCCCC1. The Morgan fingerprint density at radius 1 is 1.25 bits per heavy atom. The van der Waals surface area contributed by atoms with E-state index in [9.17, 15) is 9.59 Å². The third kappa shape index (κ3) is 6.34. The maximum absolute atomic E-state index is 11.8. The Morgan fingerprint density at radius 2 is 1.95 bits per heavy atom. The number of aliphatic hydroxyl groups is 1. The van der Waals surface area contributed by atoms with Gasteiger partial charge in [-0.15, -0.1) is 0 Å². The summed E-state index contributed by atoms with van der Waals surface area (Å²) in [6.07, 6.45) is 6.55. The molecule has 1 aliphatic carbocycles. The van der Waals surface area contributed by atoms with E-state index in [4.69, 9.17) is 5.11 Å². The van der Waals surface area contributed by atoms with Crippen LogP contribution in [0.3, 0.4) is 0 Å². The first kappa shape index (κ1) is 16.9. The van der Waals surface area contributed by atoms with E-state index < -0.39 is 6.03 Å². The highest BCUT2D eigenvalue weighted by Crippen LogP contribution is 2.22. The van der Waals surface area contributed by atoms with Crippen molar-refractivity contribution in [1.29, 1.82) is 0 Å². The van der Waals surface area contributed by atoms with Crippen molar-refractivity contribution < 1.29 is 14.7 Å². The van der Waals surface area contributed by atoms with Gasteiger partial charge in [0.05, 0.1) is 13.2 Å².